The van der Waals surface area contributed by atoms with Crippen LogP contribution < -0.4 is 10.6 Å². The Labute approximate surface area is 110 Å². The second-order valence-corrected chi connectivity index (χ2v) is 4.75. The summed E-state index contributed by atoms with van der Waals surface area (Å²) in [6.07, 6.45) is 5.01. The van der Waals surface area contributed by atoms with Crippen LogP contribution in [-0.4, -0.2) is 25.7 Å². The molecule has 3 rings (SSSR count). The number of carbonyl (C=O) groups is 1. The highest BCUT2D eigenvalue weighted by atomic mass is 16.2. The van der Waals surface area contributed by atoms with Gasteiger partial charge in [0.1, 0.15) is 0 Å². The maximum atomic E-state index is 12.3. The molecule has 0 aromatic carbocycles. The molecule has 7 heteroatoms. The van der Waals surface area contributed by atoms with Crippen LogP contribution in [0.4, 0.5) is 11.6 Å². The number of nitrogens with zero attached hydrogens (tertiary/aromatic N) is 5. The molecule has 7 nitrogen and oxygen atoms in total. The molecule has 1 aliphatic heterocycles. The van der Waals surface area contributed by atoms with Crippen molar-refractivity contribution < 1.29 is 4.79 Å². The number of rotatable bonds is 2. The molecule has 0 aliphatic carbocycles. The standard InChI is InChI=1S/C12H14N6O/c1-7(2)18-5-8(3-15-18)17-6-10-9(11(17)19)4-14-12(13)16-10/h3-5,7H,6H2,1-2H3,(H2,13,14,16). The molecule has 0 saturated heterocycles. The lowest BCUT2D eigenvalue weighted by Crippen LogP contribution is -2.22. The zero-order valence-corrected chi connectivity index (χ0v) is 10.7. The Kier molecular flexibility index (Phi) is 2.48. The number of nitrogen functional groups attached to an aromatic ring is 1. The maximum Gasteiger partial charge on any atom is 0.262 e. The summed E-state index contributed by atoms with van der Waals surface area (Å²) in [4.78, 5) is 21.8. The Hall–Kier alpha value is -2.44. The van der Waals surface area contributed by atoms with E-state index in [9.17, 15) is 4.79 Å². The molecule has 0 unspecified atom stereocenters. The average Bonchev–Trinajstić information content (AvgIpc) is 2.94. The van der Waals surface area contributed by atoms with Gasteiger partial charge in [0.05, 0.1) is 29.7 Å². The Morgan fingerprint density at radius 3 is 2.84 bits per heavy atom. The Morgan fingerprint density at radius 2 is 2.16 bits per heavy atom. The Balaban J connectivity index is 1.94. The van der Waals surface area contributed by atoms with Crippen LogP contribution in [-0.2, 0) is 6.54 Å². The molecule has 1 amide bonds. The van der Waals surface area contributed by atoms with Gasteiger partial charge in [-0.3, -0.25) is 14.4 Å². The van der Waals surface area contributed by atoms with Crippen LogP contribution >= 0.6 is 0 Å². The molecule has 0 spiro atoms. The Morgan fingerprint density at radius 1 is 1.37 bits per heavy atom. The number of amides is 1. The van der Waals surface area contributed by atoms with Crippen LogP contribution in [0.25, 0.3) is 0 Å². The normalized spacial score (nSPS) is 14.3. The van der Waals surface area contributed by atoms with Crippen molar-refractivity contribution in [2.24, 2.45) is 0 Å². The van der Waals surface area contributed by atoms with E-state index in [-0.39, 0.29) is 17.9 Å². The third-order valence-corrected chi connectivity index (χ3v) is 3.10. The molecule has 3 heterocycles. The van der Waals surface area contributed by atoms with Gasteiger partial charge in [0.15, 0.2) is 0 Å². The van der Waals surface area contributed by atoms with Gasteiger partial charge in [0.25, 0.3) is 5.91 Å². The number of hydrogen-bond donors (Lipinski definition) is 1. The topological polar surface area (TPSA) is 89.9 Å². The third-order valence-electron chi connectivity index (χ3n) is 3.10. The van der Waals surface area contributed by atoms with E-state index in [4.69, 9.17) is 5.73 Å². The van der Waals surface area contributed by atoms with Crippen LogP contribution in [0, 0.1) is 0 Å². The fraction of sp³-hybridized carbons (Fsp3) is 0.333. The van der Waals surface area contributed by atoms with E-state index < -0.39 is 0 Å². The first-order valence-corrected chi connectivity index (χ1v) is 6.03. The predicted molar refractivity (Wildman–Crippen MR) is 69.6 cm³/mol. The summed E-state index contributed by atoms with van der Waals surface area (Å²) in [7, 11) is 0. The SMILES string of the molecule is CC(C)n1cc(N2Cc3nc(N)ncc3C2=O)cn1. The van der Waals surface area contributed by atoms with Crippen molar-refractivity contribution in [1.82, 2.24) is 19.7 Å². The molecule has 1 aliphatic rings. The fourth-order valence-electron chi connectivity index (χ4n) is 2.06. The molecule has 19 heavy (non-hydrogen) atoms. The van der Waals surface area contributed by atoms with Crippen LogP contribution in [0.3, 0.4) is 0 Å². The minimum absolute atomic E-state index is 0.113. The molecule has 0 saturated carbocycles. The first-order chi connectivity index (χ1) is 9.06. The predicted octanol–water partition coefficient (Wildman–Crippen LogP) is 0.997. The smallest absolute Gasteiger partial charge is 0.262 e. The van der Waals surface area contributed by atoms with Crippen molar-refractivity contribution in [2.45, 2.75) is 26.4 Å². The monoisotopic (exact) mass is 258 g/mol. The van der Waals surface area contributed by atoms with Crippen LogP contribution in [0.15, 0.2) is 18.6 Å². The summed E-state index contributed by atoms with van der Waals surface area (Å²) < 4.78 is 1.81. The quantitative estimate of drug-likeness (QED) is 0.867. The van der Waals surface area contributed by atoms with E-state index >= 15 is 0 Å². The first-order valence-electron chi connectivity index (χ1n) is 6.03. The fourth-order valence-corrected chi connectivity index (χ4v) is 2.06. The molecule has 0 atom stereocenters. The van der Waals surface area contributed by atoms with Crippen LogP contribution in [0.2, 0.25) is 0 Å². The van der Waals surface area contributed by atoms with Gasteiger partial charge < -0.3 is 5.73 Å². The number of carbonyl (C=O) groups excluding carboxylic acids is 1. The number of aromatic nitrogens is 4. The largest absolute Gasteiger partial charge is 0.368 e. The minimum atomic E-state index is -0.113. The van der Waals surface area contributed by atoms with E-state index in [1.165, 1.54) is 6.20 Å². The highest BCUT2D eigenvalue weighted by molar-refractivity contribution is 6.09. The van der Waals surface area contributed by atoms with E-state index in [2.05, 4.69) is 15.1 Å². The molecule has 2 aromatic rings. The minimum Gasteiger partial charge on any atom is -0.368 e. The molecular weight excluding hydrogens is 244 g/mol. The van der Waals surface area contributed by atoms with E-state index in [1.54, 1.807) is 11.1 Å². The highest BCUT2D eigenvalue weighted by Gasteiger charge is 2.31. The maximum absolute atomic E-state index is 12.3. The van der Waals surface area contributed by atoms with Crippen LogP contribution in [0.5, 0.6) is 0 Å². The number of fused-ring (bicyclic) bond motifs is 1. The van der Waals surface area contributed by atoms with Crippen molar-refractivity contribution in [3.8, 4) is 0 Å². The molecule has 98 valence electrons. The van der Waals surface area contributed by atoms with Gasteiger partial charge >= 0.3 is 0 Å². The molecule has 2 N–H and O–H groups in total. The third kappa shape index (κ3) is 1.83. The second kappa shape index (κ2) is 4.04. The summed E-state index contributed by atoms with van der Waals surface area (Å²) in [5.74, 6) is 0.0737. The zero-order valence-electron chi connectivity index (χ0n) is 10.7. The molecule has 0 fully saturated rings. The average molecular weight is 258 g/mol. The Bertz CT molecular complexity index is 647. The van der Waals surface area contributed by atoms with Crippen molar-refractivity contribution in [2.75, 3.05) is 10.6 Å². The van der Waals surface area contributed by atoms with Crippen molar-refractivity contribution >= 4 is 17.5 Å². The highest BCUT2D eigenvalue weighted by Crippen LogP contribution is 2.27. The first kappa shape index (κ1) is 11.6. The number of anilines is 2. The van der Waals surface area contributed by atoms with E-state index in [1.807, 2.05) is 24.7 Å². The summed E-state index contributed by atoms with van der Waals surface area (Å²) in [5.41, 5.74) is 7.46. The molecular formula is C12H14N6O. The summed E-state index contributed by atoms with van der Waals surface area (Å²) >= 11 is 0. The van der Waals surface area contributed by atoms with Crippen molar-refractivity contribution in [1.29, 1.82) is 0 Å². The van der Waals surface area contributed by atoms with Gasteiger partial charge in [-0.2, -0.15) is 5.10 Å². The van der Waals surface area contributed by atoms with Crippen molar-refractivity contribution in [3.05, 3.63) is 29.8 Å². The summed E-state index contributed by atoms with van der Waals surface area (Å²) in [5, 5.41) is 4.24. The second-order valence-electron chi connectivity index (χ2n) is 4.75. The number of nitrogens with two attached hydrogens (primary N) is 1. The van der Waals surface area contributed by atoms with Gasteiger partial charge in [-0.1, -0.05) is 0 Å². The molecule has 2 aromatic heterocycles. The van der Waals surface area contributed by atoms with Gasteiger partial charge in [0.2, 0.25) is 5.95 Å². The lowest BCUT2D eigenvalue weighted by atomic mass is 10.3. The zero-order chi connectivity index (χ0) is 13.6. The summed E-state index contributed by atoms with van der Waals surface area (Å²) in [6, 6.07) is 0.254. The van der Waals surface area contributed by atoms with E-state index in [0.717, 1.165) is 5.69 Å². The number of hydrogen-bond acceptors (Lipinski definition) is 5. The van der Waals surface area contributed by atoms with Gasteiger partial charge in [0, 0.05) is 18.4 Å². The van der Waals surface area contributed by atoms with Crippen LogP contribution in [0.1, 0.15) is 35.9 Å². The van der Waals surface area contributed by atoms with Gasteiger partial charge in [-0.25, -0.2) is 9.97 Å². The van der Waals surface area contributed by atoms with Gasteiger partial charge in [-0.05, 0) is 13.8 Å². The van der Waals surface area contributed by atoms with Gasteiger partial charge in [-0.15, -0.1) is 0 Å². The lowest BCUT2D eigenvalue weighted by Gasteiger charge is -2.12. The molecule has 0 bridgehead atoms. The molecule has 0 radical (unpaired) electrons. The van der Waals surface area contributed by atoms with Crippen molar-refractivity contribution in [3.63, 3.8) is 0 Å². The van der Waals surface area contributed by atoms with E-state index in [0.29, 0.717) is 17.8 Å². The summed E-state index contributed by atoms with van der Waals surface area (Å²) in [6.45, 7) is 4.47. The lowest BCUT2D eigenvalue weighted by molar-refractivity contribution is 0.0996.